The first kappa shape index (κ1) is 28.0. The molecule has 36 heavy (non-hydrogen) atoms. The van der Waals surface area contributed by atoms with Gasteiger partial charge in [0.1, 0.15) is 0 Å². The first-order valence-corrected chi connectivity index (χ1v) is 13.8. The predicted molar refractivity (Wildman–Crippen MR) is 149 cm³/mol. The van der Waals surface area contributed by atoms with E-state index in [1.54, 1.807) is 24.5 Å². The predicted octanol–water partition coefficient (Wildman–Crippen LogP) is 5.22. The minimum atomic E-state index is -0.0804. The van der Waals surface area contributed by atoms with E-state index in [1.165, 1.54) is 0 Å². The number of anilines is 1. The normalized spacial score (nSPS) is 14.2. The Balaban J connectivity index is 1.35. The number of nitrogens with zero attached hydrogens (tertiary/aromatic N) is 3. The van der Waals surface area contributed by atoms with Crippen LogP contribution in [-0.4, -0.2) is 66.2 Å². The van der Waals surface area contributed by atoms with Crippen molar-refractivity contribution >= 4 is 46.8 Å². The van der Waals surface area contributed by atoms with Gasteiger partial charge in [0, 0.05) is 74.2 Å². The van der Waals surface area contributed by atoms with Crippen molar-refractivity contribution in [3.63, 3.8) is 0 Å². The molecule has 0 aliphatic carbocycles. The van der Waals surface area contributed by atoms with E-state index in [2.05, 4.69) is 15.2 Å². The van der Waals surface area contributed by atoms with E-state index >= 15 is 0 Å². The summed E-state index contributed by atoms with van der Waals surface area (Å²) in [5.41, 5.74) is 2.61. The number of amides is 2. The molecule has 1 aliphatic rings. The summed E-state index contributed by atoms with van der Waals surface area (Å²) in [7, 11) is 0. The zero-order valence-corrected chi connectivity index (χ0v) is 22.3. The molecule has 1 aliphatic heterocycles. The molecule has 1 N–H and O–H groups in total. The molecule has 2 aromatic rings. The van der Waals surface area contributed by atoms with Crippen LogP contribution < -0.4 is 10.2 Å². The van der Waals surface area contributed by atoms with Crippen molar-refractivity contribution in [1.29, 1.82) is 0 Å². The van der Waals surface area contributed by atoms with Gasteiger partial charge in [0.2, 0.25) is 5.91 Å². The largest absolute Gasteiger partial charge is 0.369 e. The second-order valence-corrected chi connectivity index (χ2v) is 9.81. The molecule has 1 fully saturated rings. The van der Waals surface area contributed by atoms with Crippen molar-refractivity contribution < 1.29 is 9.59 Å². The van der Waals surface area contributed by atoms with Crippen LogP contribution in [0.4, 0.5) is 5.69 Å². The summed E-state index contributed by atoms with van der Waals surface area (Å²) in [6.07, 6.45) is 12.0. The van der Waals surface area contributed by atoms with Gasteiger partial charge < -0.3 is 15.1 Å². The van der Waals surface area contributed by atoms with E-state index in [4.69, 9.17) is 23.2 Å². The molecule has 0 spiro atoms. The van der Waals surface area contributed by atoms with Crippen molar-refractivity contribution in [1.82, 2.24) is 15.2 Å². The third-order valence-electron chi connectivity index (χ3n) is 6.52. The Morgan fingerprint density at radius 1 is 1.08 bits per heavy atom. The molecular weight excluding hydrogens is 495 g/mol. The number of nitrogens with one attached hydrogen (secondary N) is 1. The van der Waals surface area contributed by atoms with Crippen LogP contribution in [0, 0.1) is 5.92 Å². The molecule has 0 bridgehead atoms. The molecule has 0 saturated carbocycles. The van der Waals surface area contributed by atoms with Crippen LogP contribution in [0.2, 0.25) is 0 Å². The number of halogens is 2. The molecule has 6 nitrogen and oxygen atoms in total. The third-order valence-corrected chi connectivity index (χ3v) is 6.86. The lowest BCUT2D eigenvalue weighted by Crippen LogP contribution is -2.38. The number of hydrogen-bond donors (Lipinski definition) is 1. The summed E-state index contributed by atoms with van der Waals surface area (Å²) in [5, 5.41) is 2.94. The fourth-order valence-electron chi connectivity index (χ4n) is 4.49. The minimum Gasteiger partial charge on any atom is -0.369 e. The highest BCUT2D eigenvalue weighted by Gasteiger charge is 2.23. The van der Waals surface area contributed by atoms with Crippen LogP contribution in [0.25, 0.3) is 6.08 Å². The summed E-state index contributed by atoms with van der Waals surface area (Å²) in [4.78, 5) is 33.2. The minimum absolute atomic E-state index is 0.0804. The smallest absolute Gasteiger partial charge is 0.253 e. The van der Waals surface area contributed by atoms with Crippen molar-refractivity contribution in [3.8, 4) is 0 Å². The van der Waals surface area contributed by atoms with Gasteiger partial charge in [-0.15, -0.1) is 23.2 Å². The van der Waals surface area contributed by atoms with Gasteiger partial charge in [-0.05, 0) is 61.1 Å². The number of alkyl halides is 2. The average molecular weight is 532 g/mol. The van der Waals surface area contributed by atoms with Gasteiger partial charge in [0.05, 0.1) is 0 Å². The molecule has 0 atom stereocenters. The number of carbonyl (C=O) groups is 2. The first-order chi connectivity index (χ1) is 17.6. The summed E-state index contributed by atoms with van der Waals surface area (Å²) in [5.74, 6) is 1.66. The van der Waals surface area contributed by atoms with Crippen molar-refractivity contribution in [2.75, 3.05) is 49.4 Å². The molecule has 8 heteroatoms. The third kappa shape index (κ3) is 9.14. The molecule has 1 saturated heterocycles. The SMILES string of the molecule is O=C(/C=C/c1cccnc1)NCCCCC1CCN(C(=O)c2cccc(N(CCCl)CCCl)c2)CC1. The summed E-state index contributed by atoms with van der Waals surface area (Å²) < 4.78 is 0. The van der Waals surface area contributed by atoms with Crippen molar-refractivity contribution in [2.45, 2.75) is 32.1 Å². The number of piperidine rings is 1. The van der Waals surface area contributed by atoms with Gasteiger partial charge in [-0.1, -0.05) is 25.0 Å². The molecule has 2 amide bonds. The molecule has 0 radical (unpaired) electrons. The van der Waals surface area contributed by atoms with Gasteiger partial charge in [0.25, 0.3) is 5.91 Å². The van der Waals surface area contributed by atoms with Crippen LogP contribution in [0.3, 0.4) is 0 Å². The molecule has 1 aromatic carbocycles. The van der Waals surface area contributed by atoms with E-state index in [0.29, 0.717) is 42.9 Å². The van der Waals surface area contributed by atoms with Gasteiger partial charge in [-0.2, -0.15) is 0 Å². The Morgan fingerprint density at radius 3 is 2.56 bits per heavy atom. The number of unbranched alkanes of at least 4 members (excludes halogenated alkanes) is 1. The maximum Gasteiger partial charge on any atom is 0.253 e. The highest BCUT2D eigenvalue weighted by atomic mass is 35.5. The van der Waals surface area contributed by atoms with Crippen LogP contribution in [0.5, 0.6) is 0 Å². The number of rotatable bonds is 13. The molecule has 0 unspecified atom stereocenters. The highest BCUT2D eigenvalue weighted by Crippen LogP contribution is 2.25. The Bertz CT molecular complexity index is 973. The second kappa shape index (κ2) is 15.5. The summed E-state index contributed by atoms with van der Waals surface area (Å²) in [6.45, 7) is 3.65. The van der Waals surface area contributed by atoms with Crippen molar-refractivity contribution in [2.24, 2.45) is 5.92 Å². The van der Waals surface area contributed by atoms with Gasteiger partial charge in [0.15, 0.2) is 0 Å². The van der Waals surface area contributed by atoms with Crippen molar-refractivity contribution in [3.05, 3.63) is 66.0 Å². The lowest BCUT2D eigenvalue weighted by Gasteiger charge is -2.32. The van der Waals surface area contributed by atoms with E-state index in [-0.39, 0.29) is 11.8 Å². The average Bonchev–Trinajstić information content (AvgIpc) is 2.92. The second-order valence-electron chi connectivity index (χ2n) is 9.06. The lowest BCUT2D eigenvalue weighted by atomic mass is 9.91. The zero-order valence-electron chi connectivity index (χ0n) is 20.8. The Hall–Kier alpha value is -2.57. The van der Waals surface area contributed by atoms with E-state index in [1.807, 2.05) is 41.3 Å². The monoisotopic (exact) mass is 530 g/mol. The van der Waals surface area contributed by atoms with Crippen LogP contribution in [0.15, 0.2) is 54.9 Å². The summed E-state index contributed by atoms with van der Waals surface area (Å²) in [6, 6.07) is 11.5. The molecule has 3 rings (SSSR count). The maximum absolute atomic E-state index is 13.1. The van der Waals surface area contributed by atoms with E-state index in [0.717, 1.165) is 56.4 Å². The summed E-state index contributed by atoms with van der Waals surface area (Å²) >= 11 is 11.9. The number of benzene rings is 1. The molecular formula is C28H36Cl2N4O2. The maximum atomic E-state index is 13.1. The van der Waals surface area contributed by atoms with E-state index < -0.39 is 0 Å². The number of aromatic nitrogens is 1. The standard InChI is InChI=1S/C28H36Cl2N4O2/c29-13-19-33(20-14-30)26-8-3-7-25(21-26)28(36)34-17-11-23(12-18-34)5-1-2-16-32-27(35)10-9-24-6-4-15-31-22-24/h3-4,6-10,15,21-23H,1-2,5,11-14,16-20H2,(H,32,35)/b10-9+. The van der Waals surface area contributed by atoms with Gasteiger partial charge >= 0.3 is 0 Å². The van der Waals surface area contributed by atoms with Crippen LogP contribution in [-0.2, 0) is 4.79 Å². The van der Waals surface area contributed by atoms with Crippen LogP contribution >= 0.6 is 23.2 Å². The quantitative estimate of drug-likeness (QED) is 0.219. The number of hydrogen-bond acceptors (Lipinski definition) is 4. The number of likely N-dealkylation sites (tertiary alicyclic amines) is 1. The molecule has 1 aromatic heterocycles. The molecule has 194 valence electrons. The van der Waals surface area contributed by atoms with Crippen LogP contribution in [0.1, 0.15) is 48.0 Å². The zero-order chi connectivity index (χ0) is 25.6. The molecule has 2 heterocycles. The fourth-order valence-corrected chi connectivity index (χ4v) is 4.90. The van der Waals surface area contributed by atoms with E-state index in [9.17, 15) is 9.59 Å². The number of pyridine rings is 1. The van der Waals surface area contributed by atoms with Gasteiger partial charge in [-0.3, -0.25) is 14.6 Å². The Kier molecular flexibility index (Phi) is 12.1. The first-order valence-electron chi connectivity index (χ1n) is 12.7. The van der Waals surface area contributed by atoms with Gasteiger partial charge in [-0.25, -0.2) is 0 Å². The topological polar surface area (TPSA) is 65.5 Å². The number of carbonyl (C=O) groups excluding carboxylic acids is 2. The Labute approximate surface area is 224 Å². The fraction of sp³-hybridized carbons (Fsp3) is 0.464. The highest BCUT2D eigenvalue weighted by molar-refractivity contribution is 6.18. The Morgan fingerprint density at radius 2 is 1.86 bits per heavy atom. The lowest BCUT2D eigenvalue weighted by molar-refractivity contribution is -0.116.